The van der Waals surface area contributed by atoms with E-state index in [0.717, 1.165) is 18.2 Å². The van der Waals surface area contributed by atoms with Crippen molar-refractivity contribution in [3.05, 3.63) is 71.3 Å². The van der Waals surface area contributed by atoms with Gasteiger partial charge in [0.2, 0.25) is 10.0 Å². The first-order chi connectivity index (χ1) is 19.2. The third-order valence-electron chi connectivity index (χ3n) is 6.69. The minimum atomic E-state index is -4.79. The quantitative estimate of drug-likeness (QED) is 0.258. The molecule has 2 atom stereocenters. The molecular formula is C26H28F4N6O4S. The van der Waals surface area contributed by atoms with Crippen LogP contribution in [-0.2, 0) is 16.6 Å². The van der Waals surface area contributed by atoms with E-state index in [9.17, 15) is 35.9 Å². The van der Waals surface area contributed by atoms with E-state index in [4.69, 9.17) is 5.73 Å². The maximum absolute atomic E-state index is 14.3. The number of allylic oxidation sites excluding steroid dienone is 2. The van der Waals surface area contributed by atoms with Crippen LogP contribution in [0.5, 0.6) is 0 Å². The van der Waals surface area contributed by atoms with Crippen LogP contribution in [0.2, 0.25) is 0 Å². The number of carbonyl (C=O) groups excluding carboxylic acids is 1. The van der Waals surface area contributed by atoms with Crippen LogP contribution in [0.25, 0.3) is 10.9 Å². The number of anilines is 2. The van der Waals surface area contributed by atoms with Gasteiger partial charge in [-0.2, -0.15) is 18.3 Å². The van der Waals surface area contributed by atoms with E-state index in [-0.39, 0.29) is 47.0 Å². The number of nitrogens with one attached hydrogen (secondary N) is 2. The standard InChI is InChI=1S/C26H28F4N6O4S/c1-3-36(41(39,40)4-2)20-8-6-5-7-15(20)13-32-24-21-19(34-35-22(21)23(31)37)12-18(33-24)17-11-16(27)9-10-25(17,38)14-26(28,29)30/h5-12,17,38H,3-4,13-14H2,1-2H3,(H2,31,37)(H,32,33)(H,34,35). The van der Waals surface area contributed by atoms with Crippen molar-refractivity contribution < 1.29 is 35.9 Å². The van der Waals surface area contributed by atoms with Gasteiger partial charge in [0, 0.05) is 13.1 Å². The van der Waals surface area contributed by atoms with Crippen LogP contribution in [0.1, 0.15) is 47.9 Å². The van der Waals surface area contributed by atoms with Crippen LogP contribution < -0.4 is 15.4 Å². The monoisotopic (exact) mass is 596 g/mol. The Balaban J connectivity index is 1.82. The predicted molar refractivity (Wildman–Crippen MR) is 145 cm³/mol. The van der Waals surface area contributed by atoms with Gasteiger partial charge in [0.05, 0.1) is 40.4 Å². The Morgan fingerprint density at radius 2 is 1.98 bits per heavy atom. The molecular weight excluding hydrogens is 568 g/mol. The molecule has 2 heterocycles. The highest BCUT2D eigenvalue weighted by Crippen LogP contribution is 2.43. The fourth-order valence-electron chi connectivity index (χ4n) is 4.80. The van der Waals surface area contributed by atoms with Gasteiger partial charge in [-0.1, -0.05) is 18.2 Å². The molecule has 2 unspecified atom stereocenters. The van der Waals surface area contributed by atoms with Crippen molar-refractivity contribution in [1.29, 1.82) is 0 Å². The summed E-state index contributed by atoms with van der Waals surface area (Å²) in [6.45, 7) is 3.32. The highest BCUT2D eigenvalue weighted by Gasteiger charge is 2.46. The third-order valence-corrected chi connectivity index (χ3v) is 8.55. The van der Waals surface area contributed by atoms with Crippen molar-refractivity contribution in [2.75, 3.05) is 21.9 Å². The Kier molecular flexibility index (Phi) is 8.14. The number of carbonyl (C=O) groups is 1. The van der Waals surface area contributed by atoms with Crippen molar-refractivity contribution in [1.82, 2.24) is 15.2 Å². The van der Waals surface area contributed by atoms with E-state index >= 15 is 0 Å². The second-order valence-corrected chi connectivity index (χ2v) is 11.6. The lowest BCUT2D eigenvalue weighted by atomic mass is 9.78. The number of halogens is 4. The normalized spacial score (nSPS) is 19.3. The molecule has 10 nitrogen and oxygen atoms in total. The smallest absolute Gasteiger partial charge is 0.384 e. The van der Waals surface area contributed by atoms with Gasteiger partial charge < -0.3 is 16.2 Å². The molecule has 0 radical (unpaired) electrons. The van der Waals surface area contributed by atoms with E-state index in [1.54, 1.807) is 31.2 Å². The highest BCUT2D eigenvalue weighted by molar-refractivity contribution is 7.92. The summed E-state index contributed by atoms with van der Waals surface area (Å²) in [5.41, 5.74) is 3.61. The zero-order chi connectivity index (χ0) is 30.2. The van der Waals surface area contributed by atoms with Crippen molar-refractivity contribution >= 4 is 38.3 Å². The average molecular weight is 597 g/mol. The van der Waals surface area contributed by atoms with Crippen LogP contribution in [0.15, 0.2) is 54.4 Å². The summed E-state index contributed by atoms with van der Waals surface area (Å²) in [4.78, 5) is 16.5. The van der Waals surface area contributed by atoms with Crippen LogP contribution in [-0.4, -0.2) is 58.7 Å². The zero-order valence-electron chi connectivity index (χ0n) is 22.0. The first-order valence-electron chi connectivity index (χ1n) is 12.6. The Morgan fingerprint density at radius 1 is 1.27 bits per heavy atom. The number of rotatable bonds is 10. The predicted octanol–water partition coefficient (Wildman–Crippen LogP) is 4.04. The number of nitrogens with zero attached hydrogens (tertiary/aromatic N) is 3. The number of hydrogen-bond donors (Lipinski definition) is 4. The molecule has 5 N–H and O–H groups in total. The minimum absolute atomic E-state index is 0.0393. The molecule has 220 valence electrons. The summed E-state index contributed by atoms with van der Waals surface area (Å²) in [6.07, 6.45) is -4.13. The molecule has 1 aliphatic carbocycles. The third kappa shape index (κ3) is 6.20. The summed E-state index contributed by atoms with van der Waals surface area (Å²) in [5, 5.41) is 20.6. The van der Waals surface area contributed by atoms with Crippen molar-refractivity contribution in [3.8, 4) is 0 Å². The number of nitrogens with two attached hydrogens (primary N) is 1. The Hall–Kier alpha value is -3.98. The molecule has 0 bridgehead atoms. The van der Waals surface area contributed by atoms with E-state index in [1.165, 1.54) is 17.3 Å². The molecule has 41 heavy (non-hydrogen) atoms. The number of alkyl halides is 3. The fraction of sp³-hybridized carbons (Fsp3) is 0.346. The van der Waals surface area contributed by atoms with E-state index in [0.29, 0.717) is 11.3 Å². The molecule has 1 aliphatic rings. The van der Waals surface area contributed by atoms with Crippen molar-refractivity contribution in [2.24, 2.45) is 5.73 Å². The number of aliphatic hydroxyl groups is 1. The molecule has 15 heteroatoms. The van der Waals surface area contributed by atoms with Gasteiger partial charge in [-0.05, 0) is 49.8 Å². The summed E-state index contributed by atoms with van der Waals surface area (Å²) in [5.74, 6) is -3.53. The second kappa shape index (κ2) is 11.1. The fourth-order valence-corrected chi connectivity index (χ4v) is 5.99. The molecule has 0 saturated carbocycles. The molecule has 0 fully saturated rings. The maximum atomic E-state index is 14.3. The number of aromatic amines is 1. The summed E-state index contributed by atoms with van der Waals surface area (Å²) in [7, 11) is -3.62. The van der Waals surface area contributed by atoms with Crippen LogP contribution in [0.4, 0.5) is 29.1 Å². The van der Waals surface area contributed by atoms with Gasteiger partial charge in [0.1, 0.15) is 17.2 Å². The second-order valence-electron chi connectivity index (χ2n) is 9.45. The van der Waals surface area contributed by atoms with E-state index in [2.05, 4.69) is 20.5 Å². The van der Waals surface area contributed by atoms with Gasteiger partial charge in [-0.25, -0.2) is 17.8 Å². The number of sulfonamides is 1. The number of para-hydroxylation sites is 1. The molecule has 4 rings (SSSR count). The number of primary amides is 1. The van der Waals surface area contributed by atoms with Gasteiger partial charge in [0.25, 0.3) is 5.91 Å². The lowest BCUT2D eigenvalue weighted by Crippen LogP contribution is -2.40. The SMILES string of the molecule is CCN(c1ccccc1CNc1nc(C2C=C(F)C=CC2(O)CC(F)(F)F)cc2[nH]nc(C(N)=O)c12)S(=O)(=O)CC. The number of amides is 1. The molecule has 2 aromatic heterocycles. The number of hydrogen-bond acceptors (Lipinski definition) is 7. The van der Waals surface area contributed by atoms with E-state index in [1.807, 2.05) is 0 Å². The minimum Gasteiger partial charge on any atom is -0.384 e. The molecule has 1 aromatic carbocycles. The topological polar surface area (TPSA) is 154 Å². The van der Waals surface area contributed by atoms with Crippen LogP contribution in [0, 0.1) is 0 Å². The van der Waals surface area contributed by atoms with E-state index < -0.39 is 45.9 Å². The summed E-state index contributed by atoms with van der Waals surface area (Å²) in [6, 6.07) is 7.92. The summed E-state index contributed by atoms with van der Waals surface area (Å²) < 4.78 is 81.1. The van der Waals surface area contributed by atoms with Crippen molar-refractivity contribution in [2.45, 2.75) is 44.5 Å². The summed E-state index contributed by atoms with van der Waals surface area (Å²) >= 11 is 0. The Bertz CT molecular complexity index is 1640. The number of H-pyrrole nitrogens is 1. The lowest BCUT2D eigenvalue weighted by molar-refractivity contribution is -0.169. The number of fused-ring (bicyclic) bond motifs is 1. The largest absolute Gasteiger partial charge is 0.392 e. The van der Waals surface area contributed by atoms with Gasteiger partial charge in [-0.15, -0.1) is 0 Å². The lowest BCUT2D eigenvalue weighted by Gasteiger charge is -2.34. The molecule has 1 amide bonds. The van der Waals surface area contributed by atoms with Crippen LogP contribution >= 0.6 is 0 Å². The molecule has 0 aliphatic heterocycles. The molecule has 0 spiro atoms. The molecule has 0 saturated heterocycles. The van der Waals surface area contributed by atoms with Crippen LogP contribution in [0.3, 0.4) is 0 Å². The maximum Gasteiger partial charge on any atom is 0.392 e. The van der Waals surface area contributed by atoms with Gasteiger partial charge in [-0.3, -0.25) is 14.2 Å². The zero-order valence-corrected chi connectivity index (χ0v) is 22.9. The molecule has 3 aromatic rings. The number of aromatic nitrogens is 3. The number of benzene rings is 1. The Morgan fingerprint density at radius 3 is 2.61 bits per heavy atom. The first-order valence-corrected chi connectivity index (χ1v) is 14.2. The number of pyridine rings is 1. The average Bonchev–Trinajstić information content (AvgIpc) is 3.33. The Labute approximate surface area is 233 Å². The van der Waals surface area contributed by atoms with Gasteiger partial charge >= 0.3 is 6.18 Å². The first kappa shape index (κ1) is 30.0. The van der Waals surface area contributed by atoms with Gasteiger partial charge in [0.15, 0.2) is 5.69 Å². The van der Waals surface area contributed by atoms with Crippen molar-refractivity contribution in [3.63, 3.8) is 0 Å². The highest BCUT2D eigenvalue weighted by atomic mass is 32.2.